The van der Waals surface area contributed by atoms with Gasteiger partial charge in [-0.25, -0.2) is 8.78 Å². The van der Waals surface area contributed by atoms with Crippen molar-refractivity contribution < 1.29 is 33.5 Å². The summed E-state index contributed by atoms with van der Waals surface area (Å²) < 4.78 is 28.6. The SMILES string of the molecule is O=C(c1ccccc1)c1c(-c2ccccc2)[n+](O)c2cc(F)c(F)cc2[n+]1O. The molecule has 4 aromatic rings. The number of hydrogen-bond donors (Lipinski definition) is 2. The average Bonchev–Trinajstić information content (AvgIpc) is 2.72. The van der Waals surface area contributed by atoms with Crippen LogP contribution < -0.4 is 9.46 Å². The van der Waals surface area contributed by atoms with E-state index in [0.29, 0.717) is 21.1 Å². The summed E-state index contributed by atoms with van der Waals surface area (Å²) in [5.41, 5.74) is -0.165. The van der Waals surface area contributed by atoms with Gasteiger partial charge in [0.15, 0.2) is 11.6 Å². The first kappa shape index (κ1) is 17.5. The van der Waals surface area contributed by atoms with Crippen molar-refractivity contribution >= 4 is 16.8 Å². The monoisotopic (exact) mass is 380 g/mol. The van der Waals surface area contributed by atoms with Crippen molar-refractivity contribution in [2.24, 2.45) is 0 Å². The van der Waals surface area contributed by atoms with Crippen molar-refractivity contribution in [3.63, 3.8) is 0 Å². The number of carbonyl (C=O) groups is 1. The predicted octanol–water partition coefficient (Wildman–Crippen LogP) is 3.07. The van der Waals surface area contributed by atoms with Crippen molar-refractivity contribution in [3.05, 3.63) is 95.7 Å². The van der Waals surface area contributed by atoms with Crippen LogP contribution in [0.15, 0.2) is 72.8 Å². The van der Waals surface area contributed by atoms with Crippen LogP contribution in [0.2, 0.25) is 0 Å². The third-order valence-corrected chi connectivity index (χ3v) is 4.42. The van der Waals surface area contributed by atoms with E-state index in [9.17, 15) is 24.0 Å². The highest BCUT2D eigenvalue weighted by atomic mass is 19.2. The number of ketones is 1. The molecule has 0 amide bonds. The van der Waals surface area contributed by atoms with Crippen molar-refractivity contribution in [1.82, 2.24) is 0 Å². The van der Waals surface area contributed by atoms with E-state index in [1.54, 1.807) is 60.7 Å². The lowest BCUT2D eigenvalue weighted by molar-refractivity contribution is -0.916. The summed E-state index contributed by atoms with van der Waals surface area (Å²) in [6.07, 6.45) is 0. The molecule has 0 saturated carbocycles. The largest absolute Gasteiger partial charge is 0.381 e. The highest BCUT2D eigenvalue weighted by molar-refractivity contribution is 6.09. The number of carbonyl (C=O) groups excluding carboxylic acids is 1. The molecule has 4 rings (SSSR count). The summed E-state index contributed by atoms with van der Waals surface area (Å²) in [5, 5.41) is 21.5. The molecule has 0 saturated heterocycles. The third kappa shape index (κ3) is 2.73. The van der Waals surface area contributed by atoms with Gasteiger partial charge < -0.3 is 0 Å². The van der Waals surface area contributed by atoms with Gasteiger partial charge in [0.25, 0.3) is 5.78 Å². The van der Waals surface area contributed by atoms with Gasteiger partial charge in [-0.1, -0.05) is 48.5 Å². The van der Waals surface area contributed by atoms with Gasteiger partial charge in [-0.2, -0.15) is 0 Å². The molecule has 0 spiro atoms. The van der Waals surface area contributed by atoms with E-state index >= 15 is 0 Å². The minimum Gasteiger partial charge on any atom is -0.283 e. The van der Waals surface area contributed by atoms with Crippen LogP contribution >= 0.6 is 0 Å². The minimum absolute atomic E-state index is 0.0598. The average molecular weight is 380 g/mol. The molecule has 0 bridgehead atoms. The fourth-order valence-corrected chi connectivity index (χ4v) is 3.09. The van der Waals surface area contributed by atoms with Gasteiger partial charge in [0.1, 0.15) is 0 Å². The van der Waals surface area contributed by atoms with E-state index in [1.807, 2.05) is 0 Å². The van der Waals surface area contributed by atoms with E-state index < -0.39 is 17.4 Å². The Hall–Kier alpha value is -3.87. The van der Waals surface area contributed by atoms with Crippen molar-refractivity contribution in [2.75, 3.05) is 0 Å². The molecule has 0 aliphatic carbocycles. The number of hydrogen-bond acceptors (Lipinski definition) is 3. The number of fused-ring (bicyclic) bond motifs is 1. The Morgan fingerprint density at radius 3 is 1.82 bits per heavy atom. The smallest absolute Gasteiger partial charge is 0.283 e. The van der Waals surface area contributed by atoms with E-state index in [-0.39, 0.29) is 28.0 Å². The zero-order chi connectivity index (χ0) is 19.8. The van der Waals surface area contributed by atoms with Crippen LogP contribution in [0, 0.1) is 11.6 Å². The molecule has 138 valence electrons. The number of benzene rings is 3. The summed E-state index contributed by atoms with van der Waals surface area (Å²) in [7, 11) is 0. The Labute approximate surface area is 157 Å². The molecule has 3 aromatic carbocycles. The van der Waals surface area contributed by atoms with Gasteiger partial charge in [0.2, 0.25) is 0 Å². The van der Waals surface area contributed by atoms with Gasteiger partial charge in [-0.05, 0) is 12.1 Å². The molecule has 0 radical (unpaired) electrons. The van der Waals surface area contributed by atoms with Crippen LogP contribution in [0.3, 0.4) is 0 Å². The predicted molar refractivity (Wildman–Crippen MR) is 93.9 cm³/mol. The molecule has 1 aromatic heterocycles. The fraction of sp³-hybridized carbons (Fsp3) is 0. The first-order valence-corrected chi connectivity index (χ1v) is 8.35. The summed E-state index contributed by atoms with van der Waals surface area (Å²) in [6.45, 7) is 0. The molecule has 0 aliphatic heterocycles. The number of rotatable bonds is 3. The van der Waals surface area contributed by atoms with Crippen LogP contribution in [-0.2, 0) is 0 Å². The summed E-state index contributed by atoms with van der Waals surface area (Å²) >= 11 is 0. The van der Waals surface area contributed by atoms with Crippen LogP contribution in [0.4, 0.5) is 8.78 Å². The van der Waals surface area contributed by atoms with Gasteiger partial charge in [-0.3, -0.25) is 15.2 Å². The van der Waals surface area contributed by atoms with Crippen molar-refractivity contribution in [1.29, 1.82) is 0 Å². The molecule has 28 heavy (non-hydrogen) atoms. The van der Waals surface area contributed by atoms with E-state index in [2.05, 4.69) is 0 Å². The number of aromatic nitrogens is 2. The van der Waals surface area contributed by atoms with Gasteiger partial charge in [0.05, 0.1) is 17.7 Å². The summed E-state index contributed by atoms with van der Waals surface area (Å²) in [6, 6.07) is 18.0. The highest BCUT2D eigenvalue weighted by Gasteiger charge is 2.41. The molecule has 7 heteroatoms. The second-order valence-corrected chi connectivity index (χ2v) is 6.14. The van der Waals surface area contributed by atoms with Crippen molar-refractivity contribution in [3.8, 4) is 11.3 Å². The molecular weight excluding hydrogens is 366 g/mol. The molecule has 0 aliphatic rings. The summed E-state index contributed by atoms with van der Waals surface area (Å²) in [4.78, 5) is 13.1. The zero-order valence-corrected chi connectivity index (χ0v) is 14.4. The maximum Gasteiger partial charge on any atom is 0.381 e. The number of halogens is 2. The Kier molecular flexibility index (Phi) is 4.19. The highest BCUT2D eigenvalue weighted by Crippen LogP contribution is 2.23. The lowest BCUT2D eigenvalue weighted by atomic mass is 10.0. The lowest BCUT2D eigenvalue weighted by Gasteiger charge is -2.04. The van der Waals surface area contributed by atoms with Crippen LogP contribution in [0.25, 0.3) is 22.3 Å². The normalized spacial score (nSPS) is 10.9. The summed E-state index contributed by atoms with van der Waals surface area (Å²) in [5.74, 6) is -3.02. The molecule has 0 atom stereocenters. The van der Waals surface area contributed by atoms with Crippen LogP contribution in [0.5, 0.6) is 0 Å². The second kappa shape index (κ2) is 6.70. The van der Waals surface area contributed by atoms with Gasteiger partial charge >= 0.3 is 22.4 Å². The first-order valence-electron chi connectivity index (χ1n) is 8.35. The first-order chi connectivity index (χ1) is 13.5. The molecule has 0 unspecified atom stereocenters. The zero-order valence-electron chi connectivity index (χ0n) is 14.4. The Balaban J connectivity index is 2.14. The number of nitrogens with zero attached hydrogens (tertiary/aromatic N) is 2. The maximum atomic E-state index is 13.8. The van der Waals surface area contributed by atoms with Crippen LogP contribution in [-0.4, -0.2) is 16.2 Å². The van der Waals surface area contributed by atoms with E-state index in [0.717, 1.165) is 6.07 Å². The minimum atomic E-state index is -1.22. The van der Waals surface area contributed by atoms with E-state index in [4.69, 9.17) is 0 Å². The fourth-order valence-electron chi connectivity index (χ4n) is 3.09. The standard InChI is InChI=1S/C21H14F2N2O3/c22-15-11-17-18(12-16(15)23)25(28)20(21(26)14-9-5-2-6-10-14)19(24(17)27)13-7-3-1-4-8-13/h1-12,27-28H/q+2. The maximum absolute atomic E-state index is 13.8. The topological polar surface area (TPSA) is 65.3 Å². The molecular formula is C21H14F2N2O3+2. The lowest BCUT2D eigenvalue weighted by Crippen LogP contribution is -2.49. The van der Waals surface area contributed by atoms with E-state index in [1.165, 1.54) is 0 Å². The van der Waals surface area contributed by atoms with Crippen LogP contribution in [0.1, 0.15) is 16.1 Å². The molecule has 0 fully saturated rings. The Morgan fingerprint density at radius 2 is 1.25 bits per heavy atom. The quantitative estimate of drug-likeness (QED) is 0.326. The van der Waals surface area contributed by atoms with Gasteiger partial charge in [0, 0.05) is 15.0 Å². The van der Waals surface area contributed by atoms with Crippen molar-refractivity contribution in [2.45, 2.75) is 0 Å². The van der Waals surface area contributed by atoms with Gasteiger partial charge in [-0.15, -0.1) is 0 Å². The molecule has 5 nitrogen and oxygen atoms in total. The molecule has 2 N–H and O–H groups in total. The second-order valence-electron chi connectivity index (χ2n) is 6.14. The third-order valence-electron chi connectivity index (χ3n) is 4.42. The molecule has 1 heterocycles. The Morgan fingerprint density at radius 1 is 0.750 bits per heavy atom. The Bertz CT molecular complexity index is 1210.